The van der Waals surface area contributed by atoms with E-state index < -0.39 is 5.97 Å². The minimum atomic E-state index is -0.507. The summed E-state index contributed by atoms with van der Waals surface area (Å²) in [7, 11) is 0. The third-order valence-corrected chi connectivity index (χ3v) is 3.45. The molecule has 25 heavy (non-hydrogen) atoms. The summed E-state index contributed by atoms with van der Waals surface area (Å²) in [6.07, 6.45) is 4.54. The minimum Gasteiger partial charge on any atom is -0.423 e. The van der Waals surface area contributed by atoms with Crippen LogP contribution in [0.15, 0.2) is 85.1 Å². The van der Waals surface area contributed by atoms with Crippen molar-refractivity contribution in [1.82, 2.24) is 4.98 Å². The fourth-order valence-electron chi connectivity index (χ4n) is 2.21. The number of aromatic nitrogens is 1. The molecule has 3 aromatic rings. The highest BCUT2D eigenvalue weighted by atomic mass is 16.5. The van der Waals surface area contributed by atoms with Gasteiger partial charge in [0.1, 0.15) is 5.75 Å². The Bertz CT molecular complexity index is 885. The molecule has 0 saturated heterocycles. The average molecular weight is 329 g/mol. The van der Waals surface area contributed by atoms with Gasteiger partial charge in [0.2, 0.25) is 0 Å². The summed E-state index contributed by atoms with van der Waals surface area (Å²) >= 11 is 0. The van der Waals surface area contributed by atoms with E-state index in [2.05, 4.69) is 4.98 Å². The molecule has 2 aromatic carbocycles. The Hall–Kier alpha value is -3.53. The van der Waals surface area contributed by atoms with Crippen LogP contribution >= 0.6 is 0 Å². The van der Waals surface area contributed by atoms with Gasteiger partial charge < -0.3 is 4.74 Å². The standard InChI is InChI=1S/C21H15NO3/c23-20(14-11-18-8-4-5-15-22-18)25-19-12-9-17(10-13-19)21(24)16-6-2-1-3-7-16/h1-15H. The zero-order chi connectivity index (χ0) is 17.5. The summed E-state index contributed by atoms with van der Waals surface area (Å²) in [4.78, 5) is 28.2. The Balaban J connectivity index is 1.64. The number of hydrogen-bond donors (Lipinski definition) is 0. The molecule has 0 aliphatic heterocycles. The van der Waals surface area contributed by atoms with Crippen LogP contribution in [0, 0.1) is 0 Å². The smallest absolute Gasteiger partial charge is 0.336 e. The van der Waals surface area contributed by atoms with E-state index in [1.807, 2.05) is 24.3 Å². The largest absolute Gasteiger partial charge is 0.423 e. The molecule has 1 aromatic heterocycles. The van der Waals surface area contributed by atoms with Crippen LogP contribution in [0.1, 0.15) is 21.6 Å². The molecule has 0 amide bonds. The van der Waals surface area contributed by atoms with Crippen molar-refractivity contribution >= 4 is 17.8 Å². The van der Waals surface area contributed by atoms with Crippen molar-refractivity contribution in [2.24, 2.45) is 0 Å². The molecule has 0 N–H and O–H groups in total. The van der Waals surface area contributed by atoms with Crippen LogP contribution in [0.25, 0.3) is 6.08 Å². The fourth-order valence-corrected chi connectivity index (χ4v) is 2.21. The highest BCUT2D eigenvalue weighted by Gasteiger charge is 2.09. The van der Waals surface area contributed by atoms with Gasteiger partial charge >= 0.3 is 5.97 Å². The number of pyridine rings is 1. The minimum absolute atomic E-state index is 0.0754. The SMILES string of the molecule is O=C(C=Cc1ccccn1)Oc1ccc(C(=O)c2ccccc2)cc1. The van der Waals surface area contributed by atoms with Crippen LogP contribution in [-0.2, 0) is 4.79 Å². The normalized spacial score (nSPS) is 10.6. The van der Waals surface area contributed by atoms with Gasteiger partial charge in [-0.1, -0.05) is 36.4 Å². The Kier molecular flexibility index (Phi) is 5.12. The first-order chi connectivity index (χ1) is 12.2. The molecule has 1 heterocycles. The van der Waals surface area contributed by atoms with Crippen molar-refractivity contribution in [3.63, 3.8) is 0 Å². The topological polar surface area (TPSA) is 56.3 Å². The molecule has 4 nitrogen and oxygen atoms in total. The second kappa shape index (κ2) is 7.84. The van der Waals surface area contributed by atoms with Gasteiger partial charge in [-0.25, -0.2) is 4.79 Å². The number of benzene rings is 2. The molecule has 122 valence electrons. The molecule has 3 rings (SSSR count). The second-order valence-corrected chi connectivity index (χ2v) is 5.23. The van der Waals surface area contributed by atoms with Gasteiger partial charge in [-0.3, -0.25) is 9.78 Å². The fraction of sp³-hybridized carbons (Fsp3) is 0. The number of esters is 1. The second-order valence-electron chi connectivity index (χ2n) is 5.23. The first-order valence-corrected chi connectivity index (χ1v) is 7.73. The van der Waals surface area contributed by atoms with E-state index in [-0.39, 0.29) is 5.78 Å². The average Bonchev–Trinajstić information content (AvgIpc) is 2.68. The molecule has 0 unspecified atom stereocenters. The molecule has 0 atom stereocenters. The van der Waals surface area contributed by atoms with Crippen molar-refractivity contribution in [2.75, 3.05) is 0 Å². The zero-order valence-corrected chi connectivity index (χ0v) is 13.3. The van der Waals surface area contributed by atoms with Gasteiger partial charge in [0.25, 0.3) is 0 Å². The molecule has 0 spiro atoms. The molecule has 0 aliphatic rings. The lowest BCUT2D eigenvalue weighted by Crippen LogP contribution is -2.05. The first kappa shape index (κ1) is 16.3. The van der Waals surface area contributed by atoms with E-state index in [9.17, 15) is 9.59 Å². The number of ketones is 1. The summed E-state index contributed by atoms with van der Waals surface area (Å²) in [5.74, 6) is -0.207. The van der Waals surface area contributed by atoms with Crippen LogP contribution in [0.3, 0.4) is 0 Å². The number of carbonyl (C=O) groups is 2. The van der Waals surface area contributed by atoms with E-state index in [1.54, 1.807) is 60.8 Å². The maximum absolute atomic E-state index is 12.3. The predicted octanol–water partition coefficient (Wildman–Crippen LogP) is 3.93. The third-order valence-electron chi connectivity index (χ3n) is 3.45. The lowest BCUT2D eigenvalue weighted by Gasteiger charge is -2.04. The lowest BCUT2D eigenvalue weighted by molar-refractivity contribution is -0.128. The van der Waals surface area contributed by atoms with Crippen molar-refractivity contribution in [2.45, 2.75) is 0 Å². The van der Waals surface area contributed by atoms with E-state index in [1.165, 1.54) is 6.08 Å². The number of hydrogen-bond acceptors (Lipinski definition) is 4. The van der Waals surface area contributed by atoms with E-state index in [0.29, 0.717) is 22.6 Å². The van der Waals surface area contributed by atoms with Crippen LogP contribution in [0.5, 0.6) is 5.75 Å². The van der Waals surface area contributed by atoms with Gasteiger partial charge in [0, 0.05) is 23.4 Å². The van der Waals surface area contributed by atoms with Crippen molar-refractivity contribution in [3.05, 3.63) is 102 Å². The highest BCUT2D eigenvalue weighted by molar-refractivity contribution is 6.09. The Labute approximate surface area is 145 Å². The molecule has 0 saturated carbocycles. The summed E-state index contributed by atoms with van der Waals surface area (Å²) in [5, 5.41) is 0. The molecule has 0 radical (unpaired) electrons. The summed E-state index contributed by atoms with van der Waals surface area (Å²) in [5.41, 5.74) is 1.82. The summed E-state index contributed by atoms with van der Waals surface area (Å²) in [6, 6.07) is 20.9. The molecule has 0 aliphatic carbocycles. The summed E-state index contributed by atoms with van der Waals surface area (Å²) in [6.45, 7) is 0. The Morgan fingerprint density at radius 2 is 1.48 bits per heavy atom. The monoisotopic (exact) mass is 329 g/mol. The van der Waals surface area contributed by atoms with Gasteiger partial charge in [0.15, 0.2) is 5.78 Å². The number of carbonyl (C=O) groups excluding carboxylic acids is 2. The van der Waals surface area contributed by atoms with Crippen molar-refractivity contribution in [3.8, 4) is 5.75 Å². The van der Waals surface area contributed by atoms with E-state index in [0.717, 1.165) is 0 Å². The van der Waals surface area contributed by atoms with Gasteiger partial charge in [-0.05, 0) is 42.5 Å². The van der Waals surface area contributed by atoms with Gasteiger partial charge in [-0.2, -0.15) is 0 Å². The molecule has 0 fully saturated rings. The maximum Gasteiger partial charge on any atom is 0.336 e. The van der Waals surface area contributed by atoms with Crippen molar-refractivity contribution < 1.29 is 14.3 Å². The Morgan fingerprint density at radius 3 is 2.16 bits per heavy atom. The lowest BCUT2D eigenvalue weighted by atomic mass is 10.0. The number of rotatable bonds is 5. The third kappa shape index (κ3) is 4.48. The van der Waals surface area contributed by atoms with Crippen LogP contribution in [0.4, 0.5) is 0 Å². The molecular weight excluding hydrogens is 314 g/mol. The van der Waals surface area contributed by atoms with Crippen LogP contribution < -0.4 is 4.74 Å². The maximum atomic E-state index is 12.3. The molecule has 0 bridgehead atoms. The van der Waals surface area contributed by atoms with Gasteiger partial charge in [-0.15, -0.1) is 0 Å². The van der Waals surface area contributed by atoms with Gasteiger partial charge in [0.05, 0.1) is 5.69 Å². The quantitative estimate of drug-likeness (QED) is 0.308. The van der Waals surface area contributed by atoms with Crippen molar-refractivity contribution in [1.29, 1.82) is 0 Å². The number of nitrogens with zero attached hydrogens (tertiary/aromatic N) is 1. The van der Waals surface area contributed by atoms with Crippen LogP contribution in [-0.4, -0.2) is 16.7 Å². The summed E-state index contributed by atoms with van der Waals surface area (Å²) < 4.78 is 5.21. The van der Waals surface area contributed by atoms with Crippen LogP contribution in [0.2, 0.25) is 0 Å². The zero-order valence-electron chi connectivity index (χ0n) is 13.3. The van der Waals surface area contributed by atoms with E-state index >= 15 is 0 Å². The number of ether oxygens (including phenoxy) is 1. The molecular formula is C21H15NO3. The highest BCUT2D eigenvalue weighted by Crippen LogP contribution is 2.16. The first-order valence-electron chi connectivity index (χ1n) is 7.73. The Morgan fingerprint density at radius 1 is 0.800 bits per heavy atom. The predicted molar refractivity (Wildman–Crippen MR) is 95.2 cm³/mol. The van der Waals surface area contributed by atoms with E-state index in [4.69, 9.17) is 4.74 Å². The molecule has 4 heteroatoms.